The molecule has 1 amide bonds. The molecule has 3 aromatic carbocycles. The zero-order valence-corrected chi connectivity index (χ0v) is 21.8. The summed E-state index contributed by atoms with van der Waals surface area (Å²) < 4.78 is 5.49. The molecule has 1 aliphatic heterocycles. The van der Waals surface area contributed by atoms with E-state index < -0.39 is 16.8 Å². The molecule has 1 unspecified atom stereocenters. The number of para-hydroxylation sites is 2. The smallest absolute Gasteiger partial charge is 0.312 e. The van der Waals surface area contributed by atoms with E-state index in [2.05, 4.69) is 41.9 Å². The van der Waals surface area contributed by atoms with Gasteiger partial charge in [-0.3, -0.25) is 9.59 Å². The molecule has 2 N–H and O–H groups in total. The number of carboxylic acids is 1. The second-order valence-electron chi connectivity index (χ2n) is 11.2. The number of amides is 1. The number of benzene rings is 3. The molecule has 4 aliphatic rings. The van der Waals surface area contributed by atoms with Gasteiger partial charge in [-0.15, -0.1) is 0 Å². The van der Waals surface area contributed by atoms with Crippen molar-refractivity contribution in [3.63, 3.8) is 0 Å². The fourth-order valence-electron chi connectivity index (χ4n) is 8.09. The summed E-state index contributed by atoms with van der Waals surface area (Å²) in [6.45, 7) is 4.64. The third kappa shape index (κ3) is 3.03. The van der Waals surface area contributed by atoms with Crippen LogP contribution in [0.5, 0.6) is 5.75 Å². The van der Waals surface area contributed by atoms with E-state index in [4.69, 9.17) is 4.74 Å². The normalized spacial score (nSPS) is 26.7. The molecule has 2 fully saturated rings. The Morgan fingerprint density at radius 3 is 2.59 bits per heavy atom. The lowest BCUT2D eigenvalue weighted by molar-refractivity contribution is -0.157. The number of hydrogen-bond donors (Lipinski definition) is 2. The fourth-order valence-corrected chi connectivity index (χ4v) is 8.09. The maximum Gasteiger partial charge on any atom is 0.312 e. The molecular formula is C33H30N2O4. The van der Waals surface area contributed by atoms with Gasteiger partial charge in [0.05, 0.1) is 12.5 Å². The number of H-pyrrole nitrogens is 1. The van der Waals surface area contributed by atoms with Crippen molar-refractivity contribution in [2.24, 2.45) is 11.3 Å². The minimum atomic E-state index is -1.10. The number of nitrogens with zero attached hydrogens (tertiary/aromatic N) is 1. The standard InChI is InChI=1S/C33H30N2O4/c1-20(22-10-5-8-14-27(22)39-2)30(36)35-18-28-32(29-17-21-9-3-7-13-26(21)34-29)16-15-25(33(28,19-35)31(37)38)23-11-4-6-12-24(23)32/h3-14,17,25,28,34H,1,15-16,18-19H2,2H3,(H,37,38)/t25-,28?,32-,33+/m1/s1. The van der Waals surface area contributed by atoms with Crippen LogP contribution in [-0.2, 0) is 15.0 Å². The van der Waals surface area contributed by atoms with Crippen LogP contribution in [0.2, 0.25) is 0 Å². The number of rotatable bonds is 5. The summed E-state index contributed by atoms with van der Waals surface area (Å²) >= 11 is 0. The number of carboxylic acid groups (broad SMARTS) is 1. The Hall–Kier alpha value is -4.32. The molecule has 4 atom stereocenters. The number of ether oxygens (including phenoxy) is 1. The Kier molecular flexibility index (Phi) is 5.08. The first-order chi connectivity index (χ1) is 18.9. The lowest BCUT2D eigenvalue weighted by atomic mass is 9.43. The highest BCUT2D eigenvalue weighted by Crippen LogP contribution is 2.69. The molecule has 0 spiro atoms. The average molecular weight is 519 g/mol. The minimum absolute atomic E-state index is 0.154. The minimum Gasteiger partial charge on any atom is -0.496 e. The molecular weight excluding hydrogens is 488 g/mol. The summed E-state index contributed by atoms with van der Waals surface area (Å²) in [7, 11) is 1.57. The van der Waals surface area contributed by atoms with Gasteiger partial charge in [0.1, 0.15) is 5.75 Å². The van der Waals surface area contributed by atoms with Crippen LogP contribution < -0.4 is 4.74 Å². The monoisotopic (exact) mass is 518 g/mol. The molecule has 8 rings (SSSR count). The lowest BCUT2D eigenvalue weighted by Crippen LogP contribution is -2.60. The topological polar surface area (TPSA) is 82.6 Å². The Morgan fingerprint density at radius 2 is 1.79 bits per heavy atom. The van der Waals surface area contributed by atoms with E-state index in [0.29, 0.717) is 23.4 Å². The summed E-state index contributed by atoms with van der Waals surface area (Å²) in [5.41, 5.74) is 3.64. The van der Waals surface area contributed by atoms with Crippen molar-refractivity contribution in [3.05, 3.63) is 108 Å². The van der Waals surface area contributed by atoms with Gasteiger partial charge in [0.15, 0.2) is 0 Å². The van der Waals surface area contributed by atoms with Gasteiger partial charge in [0.25, 0.3) is 5.91 Å². The van der Waals surface area contributed by atoms with Gasteiger partial charge in [-0.05, 0) is 47.6 Å². The third-order valence-corrected chi connectivity index (χ3v) is 9.72. The van der Waals surface area contributed by atoms with E-state index >= 15 is 0 Å². The Labute approximate surface area is 226 Å². The highest BCUT2D eigenvalue weighted by atomic mass is 16.5. The quantitative estimate of drug-likeness (QED) is 0.337. The molecule has 0 radical (unpaired) electrons. The van der Waals surface area contributed by atoms with Crippen molar-refractivity contribution >= 4 is 28.4 Å². The van der Waals surface area contributed by atoms with Crippen LogP contribution in [0.15, 0.2) is 85.4 Å². The Morgan fingerprint density at radius 1 is 1.05 bits per heavy atom. The van der Waals surface area contributed by atoms with Gasteiger partial charge in [-0.25, -0.2) is 0 Å². The highest BCUT2D eigenvalue weighted by molar-refractivity contribution is 6.19. The fraction of sp³-hybridized carbons (Fsp3) is 0.273. The number of fused-ring (bicyclic) bond motifs is 2. The maximum absolute atomic E-state index is 14.0. The molecule has 1 saturated carbocycles. The number of methoxy groups -OCH3 is 1. The first-order valence-corrected chi connectivity index (χ1v) is 13.4. The molecule has 4 aromatic rings. The first kappa shape index (κ1) is 23.8. The van der Waals surface area contributed by atoms with Crippen molar-refractivity contribution < 1.29 is 19.4 Å². The second kappa shape index (κ2) is 8.34. The highest BCUT2D eigenvalue weighted by Gasteiger charge is 2.71. The average Bonchev–Trinajstić information content (AvgIpc) is 3.61. The van der Waals surface area contributed by atoms with Gasteiger partial charge in [-0.2, -0.15) is 0 Å². The molecule has 6 heteroatoms. The van der Waals surface area contributed by atoms with Crippen LogP contribution in [0, 0.1) is 11.3 Å². The van der Waals surface area contributed by atoms with Crippen molar-refractivity contribution in [1.82, 2.24) is 9.88 Å². The summed E-state index contributed by atoms with van der Waals surface area (Å²) in [4.78, 5) is 32.8. The van der Waals surface area contributed by atoms with Crippen LogP contribution in [-0.4, -0.2) is 47.1 Å². The maximum atomic E-state index is 14.0. The predicted octanol–water partition coefficient (Wildman–Crippen LogP) is 5.60. The van der Waals surface area contributed by atoms with Crippen LogP contribution in [0.25, 0.3) is 16.5 Å². The number of nitrogens with one attached hydrogen (secondary N) is 1. The first-order valence-electron chi connectivity index (χ1n) is 13.4. The number of carbonyl (C=O) groups excluding carboxylic acids is 1. The number of aromatic amines is 1. The van der Waals surface area contributed by atoms with E-state index in [-0.39, 0.29) is 24.3 Å². The van der Waals surface area contributed by atoms with Crippen LogP contribution >= 0.6 is 0 Å². The van der Waals surface area contributed by atoms with Gasteiger partial charge in [-0.1, -0.05) is 67.2 Å². The van der Waals surface area contributed by atoms with E-state index in [0.717, 1.165) is 35.0 Å². The molecule has 6 nitrogen and oxygen atoms in total. The van der Waals surface area contributed by atoms with Gasteiger partial charge in [0, 0.05) is 52.7 Å². The summed E-state index contributed by atoms with van der Waals surface area (Å²) in [6, 6.07) is 26.0. The van der Waals surface area contributed by atoms with Gasteiger partial charge < -0.3 is 19.7 Å². The molecule has 3 aliphatic carbocycles. The van der Waals surface area contributed by atoms with Crippen molar-refractivity contribution in [3.8, 4) is 5.75 Å². The summed E-state index contributed by atoms with van der Waals surface area (Å²) in [5, 5.41) is 12.1. The number of likely N-dealkylation sites (tertiary alicyclic amines) is 1. The molecule has 2 heterocycles. The number of carbonyl (C=O) groups is 2. The van der Waals surface area contributed by atoms with E-state index in [1.807, 2.05) is 42.5 Å². The van der Waals surface area contributed by atoms with Crippen molar-refractivity contribution in [2.75, 3.05) is 20.2 Å². The van der Waals surface area contributed by atoms with Crippen LogP contribution in [0.4, 0.5) is 0 Å². The predicted molar refractivity (Wildman–Crippen MR) is 150 cm³/mol. The van der Waals surface area contributed by atoms with Crippen LogP contribution in [0.3, 0.4) is 0 Å². The molecule has 196 valence electrons. The van der Waals surface area contributed by atoms with Gasteiger partial charge >= 0.3 is 5.97 Å². The molecule has 2 bridgehead atoms. The zero-order valence-electron chi connectivity index (χ0n) is 21.8. The second-order valence-corrected chi connectivity index (χ2v) is 11.2. The van der Waals surface area contributed by atoms with Crippen LogP contribution in [0.1, 0.15) is 41.1 Å². The number of hydrogen-bond acceptors (Lipinski definition) is 3. The lowest BCUT2D eigenvalue weighted by Gasteiger charge is -2.58. The van der Waals surface area contributed by atoms with E-state index in [1.165, 1.54) is 5.56 Å². The summed E-state index contributed by atoms with van der Waals surface area (Å²) in [5.74, 6) is -0.962. The molecule has 1 saturated heterocycles. The Balaban J connectivity index is 1.39. The number of aliphatic carboxylic acids is 1. The molecule has 1 aromatic heterocycles. The van der Waals surface area contributed by atoms with Gasteiger partial charge in [0.2, 0.25) is 0 Å². The van der Waals surface area contributed by atoms with Crippen molar-refractivity contribution in [2.45, 2.75) is 24.2 Å². The number of aromatic nitrogens is 1. The van der Waals surface area contributed by atoms with Crippen molar-refractivity contribution in [1.29, 1.82) is 0 Å². The third-order valence-electron chi connectivity index (χ3n) is 9.72. The molecule has 39 heavy (non-hydrogen) atoms. The summed E-state index contributed by atoms with van der Waals surface area (Å²) in [6.07, 6.45) is 1.58. The zero-order chi connectivity index (χ0) is 26.9. The van der Waals surface area contributed by atoms with E-state index in [9.17, 15) is 14.7 Å². The largest absolute Gasteiger partial charge is 0.496 e. The van der Waals surface area contributed by atoms with E-state index in [1.54, 1.807) is 18.1 Å². The Bertz CT molecular complexity index is 1640. The SMILES string of the molecule is C=C(C(=O)N1CC2[C@@]3(c4cc5ccccc5[nH]4)CC[C@H](c4ccccc43)[C@@]2(C(=O)O)C1)c1ccccc1OC.